The molecule has 226 valence electrons. The van der Waals surface area contributed by atoms with E-state index in [1.807, 2.05) is 6.07 Å². The number of para-hydroxylation sites is 2. The van der Waals surface area contributed by atoms with Gasteiger partial charge in [0.2, 0.25) is 0 Å². The fraction of sp³-hybridized carbons (Fsp3) is 0. The standard InChI is InChI=1S/C46H31NO/c1-5-17-32(18-6-1)44-41-30-29-34(31-42(41)48-46(44)33-19-7-2-8-20-33)43-37-25-13-15-27-39(37)45(40-28-16-14-26-38(40)43)47(35-21-9-3-10-22-35)36-23-11-4-12-24-36/h1-31H. The molecule has 0 aliphatic carbocycles. The molecule has 0 amide bonds. The van der Waals surface area contributed by atoms with E-state index in [4.69, 9.17) is 4.42 Å². The zero-order valence-electron chi connectivity index (χ0n) is 26.3. The van der Waals surface area contributed by atoms with Gasteiger partial charge in [-0.2, -0.15) is 0 Å². The zero-order chi connectivity index (χ0) is 31.9. The molecule has 48 heavy (non-hydrogen) atoms. The molecule has 0 radical (unpaired) electrons. The van der Waals surface area contributed by atoms with E-state index in [-0.39, 0.29) is 0 Å². The average molecular weight is 614 g/mol. The lowest BCUT2D eigenvalue weighted by molar-refractivity contribution is 0.632. The monoisotopic (exact) mass is 613 g/mol. The van der Waals surface area contributed by atoms with Crippen molar-refractivity contribution in [3.8, 4) is 33.6 Å². The van der Waals surface area contributed by atoms with Gasteiger partial charge in [-0.1, -0.05) is 152 Å². The summed E-state index contributed by atoms with van der Waals surface area (Å²) >= 11 is 0. The second-order valence-electron chi connectivity index (χ2n) is 12.1. The number of fused-ring (bicyclic) bond motifs is 3. The van der Waals surface area contributed by atoms with Crippen molar-refractivity contribution < 1.29 is 4.42 Å². The highest BCUT2D eigenvalue weighted by atomic mass is 16.3. The highest BCUT2D eigenvalue weighted by Crippen LogP contribution is 2.49. The lowest BCUT2D eigenvalue weighted by Gasteiger charge is -2.29. The summed E-state index contributed by atoms with van der Waals surface area (Å²) in [6, 6.07) is 66.6. The van der Waals surface area contributed by atoms with Gasteiger partial charge in [-0.3, -0.25) is 0 Å². The summed E-state index contributed by atoms with van der Waals surface area (Å²) in [4.78, 5) is 2.39. The highest BCUT2D eigenvalue weighted by Gasteiger charge is 2.23. The van der Waals surface area contributed by atoms with E-state index in [0.29, 0.717) is 0 Å². The Labute approximate surface area is 279 Å². The number of benzene rings is 8. The molecule has 0 fully saturated rings. The van der Waals surface area contributed by atoms with Crippen molar-refractivity contribution in [3.05, 3.63) is 188 Å². The molecule has 9 rings (SSSR count). The average Bonchev–Trinajstić information content (AvgIpc) is 3.55. The Bertz CT molecular complexity index is 2440. The van der Waals surface area contributed by atoms with Crippen LogP contribution in [0, 0.1) is 0 Å². The highest BCUT2D eigenvalue weighted by molar-refractivity contribution is 6.22. The topological polar surface area (TPSA) is 16.4 Å². The van der Waals surface area contributed by atoms with Crippen molar-refractivity contribution >= 4 is 49.6 Å². The molecule has 0 aliphatic heterocycles. The molecule has 8 aromatic carbocycles. The summed E-state index contributed by atoms with van der Waals surface area (Å²) in [5.41, 5.74) is 9.93. The van der Waals surface area contributed by atoms with Gasteiger partial charge in [0.15, 0.2) is 0 Å². The van der Waals surface area contributed by atoms with Gasteiger partial charge < -0.3 is 9.32 Å². The number of hydrogen-bond acceptors (Lipinski definition) is 2. The molecule has 1 heterocycles. The summed E-state index contributed by atoms with van der Waals surface area (Å²) < 4.78 is 6.80. The van der Waals surface area contributed by atoms with E-state index in [1.54, 1.807) is 0 Å². The van der Waals surface area contributed by atoms with Crippen LogP contribution in [0.2, 0.25) is 0 Å². The minimum absolute atomic E-state index is 0.873. The van der Waals surface area contributed by atoms with Crippen LogP contribution in [0.4, 0.5) is 17.1 Å². The van der Waals surface area contributed by atoms with E-state index in [0.717, 1.165) is 50.4 Å². The Hall–Kier alpha value is -6.38. The van der Waals surface area contributed by atoms with E-state index < -0.39 is 0 Å². The first-order chi connectivity index (χ1) is 23.8. The number of anilines is 3. The molecule has 0 atom stereocenters. The molecule has 2 heteroatoms. The van der Waals surface area contributed by atoms with Crippen LogP contribution in [-0.2, 0) is 0 Å². The molecule has 0 N–H and O–H groups in total. The van der Waals surface area contributed by atoms with Crippen LogP contribution in [0.5, 0.6) is 0 Å². The normalized spacial score (nSPS) is 11.3. The molecule has 0 saturated heterocycles. The van der Waals surface area contributed by atoms with Gasteiger partial charge in [0.25, 0.3) is 0 Å². The van der Waals surface area contributed by atoms with Gasteiger partial charge in [-0.15, -0.1) is 0 Å². The SMILES string of the molecule is c1ccc(-c2oc3cc(-c4c5ccccc5c(N(c5ccccc5)c5ccccc5)c5ccccc45)ccc3c2-c2ccccc2)cc1. The summed E-state index contributed by atoms with van der Waals surface area (Å²) in [7, 11) is 0. The maximum Gasteiger partial charge on any atom is 0.143 e. The number of rotatable bonds is 6. The molecule has 1 aromatic heterocycles. The minimum atomic E-state index is 0.873. The first-order valence-corrected chi connectivity index (χ1v) is 16.4. The van der Waals surface area contributed by atoms with Gasteiger partial charge in [0.1, 0.15) is 11.3 Å². The Morgan fingerprint density at radius 1 is 0.333 bits per heavy atom. The smallest absolute Gasteiger partial charge is 0.143 e. The first-order valence-electron chi connectivity index (χ1n) is 16.4. The fourth-order valence-electron chi connectivity index (χ4n) is 7.16. The Morgan fingerprint density at radius 3 is 1.33 bits per heavy atom. The van der Waals surface area contributed by atoms with Crippen LogP contribution in [-0.4, -0.2) is 0 Å². The fourth-order valence-corrected chi connectivity index (χ4v) is 7.16. The van der Waals surface area contributed by atoms with Gasteiger partial charge >= 0.3 is 0 Å². The zero-order valence-corrected chi connectivity index (χ0v) is 26.3. The summed E-state index contributed by atoms with van der Waals surface area (Å²) in [5, 5.41) is 5.87. The lowest BCUT2D eigenvalue weighted by Crippen LogP contribution is -2.11. The van der Waals surface area contributed by atoms with Crippen molar-refractivity contribution in [2.45, 2.75) is 0 Å². The molecule has 2 nitrogen and oxygen atoms in total. The van der Waals surface area contributed by atoms with Gasteiger partial charge in [-0.05, 0) is 63.9 Å². The number of nitrogens with zero attached hydrogens (tertiary/aromatic N) is 1. The Balaban J connectivity index is 1.33. The quantitative estimate of drug-likeness (QED) is 0.174. The van der Waals surface area contributed by atoms with Crippen molar-refractivity contribution in [1.29, 1.82) is 0 Å². The van der Waals surface area contributed by atoms with Gasteiger partial charge in [0.05, 0.1) is 5.69 Å². The Morgan fingerprint density at radius 2 is 0.792 bits per heavy atom. The molecular weight excluding hydrogens is 583 g/mol. The van der Waals surface area contributed by atoms with E-state index in [1.165, 1.54) is 32.8 Å². The van der Waals surface area contributed by atoms with Crippen molar-refractivity contribution in [2.24, 2.45) is 0 Å². The molecular formula is C46H31NO. The van der Waals surface area contributed by atoms with Crippen molar-refractivity contribution in [1.82, 2.24) is 0 Å². The summed E-state index contributed by atoms with van der Waals surface area (Å²) in [6.07, 6.45) is 0. The van der Waals surface area contributed by atoms with Gasteiger partial charge in [0, 0.05) is 38.7 Å². The summed E-state index contributed by atoms with van der Waals surface area (Å²) in [5.74, 6) is 0.889. The van der Waals surface area contributed by atoms with E-state index >= 15 is 0 Å². The third-order valence-corrected chi connectivity index (χ3v) is 9.23. The largest absolute Gasteiger partial charge is 0.455 e. The maximum atomic E-state index is 6.80. The summed E-state index contributed by atoms with van der Waals surface area (Å²) in [6.45, 7) is 0. The molecule has 0 saturated carbocycles. The van der Waals surface area contributed by atoms with E-state index in [9.17, 15) is 0 Å². The predicted octanol–water partition coefficient (Wildman–Crippen LogP) is 13.2. The first kappa shape index (κ1) is 27.9. The Kier molecular flexibility index (Phi) is 6.84. The minimum Gasteiger partial charge on any atom is -0.455 e. The predicted molar refractivity (Wildman–Crippen MR) is 202 cm³/mol. The maximum absolute atomic E-state index is 6.80. The number of hydrogen-bond donors (Lipinski definition) is 0. The van der Waals surface area contributed by atoms with Crippen LogP contribution in [0.3, 0.4) is 0 Å². The van der Waals surface area contributed by atoms with Gasteiger partial charge in [-0.25, -0.2) is 0 Å². The van der Waals surface area contributed by atoms with Crippen LogP contribution < -0.4 is 4.90 Å². The molecule has 0 unspecified atom stereocenters. The van der Waals surface area contributed by atoms with Crippen molar-refractivity contribution in [3.63, 3.8) is 0 Å². The van der Waals surface area contributed by atoms with Crippen LogP contribution in [0.25, 0.3) is 66.1 Å². The van der Waals surface area contributed by atoms with Crippen molar-refractivity contribution in [2.75, 3.05) is 4.90 Å². The van der Waals surface area contributed by atoms with Crippen LogP contribution >= 0.6 is 0 Å². The van der Waals surface area contributed by atoms with Crippen LogP contribution in [0.15, 0.2) is 192 Å². The molecule has 0 aliphatic rings. The third-order valence-electron chi connectivity index (χ3n) is 9.23. The molecule has 9 aromatic rings. The van der Waals surface area contributed by atoms with Crippen LogP contribution in [0.1, 0.15) is 0 Å². The molecule has 0 spiro atoms. The second kappa shape index (κ2) is 11.8. The number of furan rings is 1. The van der Waals surface area contributed by atoms with E-state index in [2.05, 4.69) is 187 Å². The second-order valence-corrected chi connectivity index (χ2v) is 12.1. The lowest BCUT2D eigenvalue weighted by atomic mass is 9.89. The third kappa shape index (κ3) is 4.66. The molecule has 0 bridgehead atoms.